The number of rotatable bonds is 13. The minimum absolute atomic E-state index is 0.139. The molecular formula is C31H36ClN3O5S. The molecule has 3 aromatic carbocycles. The molecule has 0 bridgehead atoms. The van der Waals surface area contributed by atoms with Gasteiger partial charge in [0.05, 0.1) is 11.5 Å². The molecule has 1 heterocycles. The van der Waals surface area contributed by atoms with Crippen molar-refractivity contribution in [3.63, 3.8) is 0 Å². The highest BCUT2D eigenvalue weighted by molar-refractivity contribution is 7.89. The fourth-order valence-corrected chi connectivity index (χ4v) is 6.53. The van der Waals surface area contributed by atoms with Gasteiger partial charge in [-0.1, -0.05) is 66.2 Å². The quantitative estimate of drug-likeness (QED) is 0.291. The largest absolute Gasteiger partial charge is 0.383 e. The van der Waals surface area contributed by atoms with Crippen molar-refractivity contribution in [2.45, 2.75) is 43.2 Å². The van der Waals surface area contributed by atoms with Gasteiger partial charge in [0.25, 0.3) is 0 Å². The number of nitrogens with one attached hydrogen (secondary N) is 1. The average molecular weight is 598 g/mol. The van der Waals surface area contributed by atoms with Crippen molar-refractivity contribution in [3.05, 3.63) is 101 Å². The van der Waals surface area contributed by atoms with Crippen molar-refractivity contribution in [2.24, 2.45) is 0 Å². The number of halogens is 1. The number of ether oxygens (including phenoxy) is 1. The summed E-state index contributed by atoms with van der Waals surface area (Å²) in [6.07, 6.45) is 2.29. The Labute approximate surface area is 247 Å². The molecule has 2 amide bonds. The molecule has 4 rings (SSSR count). The van der Waals surface area contributed by atoms with Crippen LogP contribution < -0.4 is 5.32 Å². The number of aryl methyl sites for hydroxylation is 1. The molecule has 1 aliphatic rings. The van der Waals surface area contributed by atoms with E-state index in [-0.39, 0.29) is 29.7 Å². The standard InChI is InChI=1S/C31H36ClN3O5S/c1-40-22-19-33-31(37)30(26-7-3-2-4-8-26)35(23-25-9-14-27(32)15-10-25)29(36)18-13-24-11-16-28(17-12-24)41(38,39)34-20-5-6-21-34/h2-4,7-12,14-17,30H,5-6,13,18-23H2,1H3,(H,33,37). The molecule has 1 N–H and O–H groups in total. The topological polar surface area (TPSA) is 96.0 Å². The van der Waals surface area contributed by atoms with Gasteiger partial charge in [-0.2, -0.15) is 4.31 Å². The van der Waals surface area contributed by atoms with E-state index in [4.69, 9.17) is 16.3 Å². The monoisotopic (exact) mass is 597 g/mol. The van der Waals surface area contributed by atoms with Gasteiger partial charge in [0.1, 0.15) is 6.04 Å². The molecule has 0 aliphatic carbocycles. The van der Waals surface area contributed by atoms with Gasteiger partial charge in [0.2, 0.25) is 21.8 Å². The van der Waals surface area contributed by atoms with Gasteiger partial charge in [-0.05, 0) is 60.2 Å². The highest BCUT2D eigenvalue weighted by Crippen LogP contribution is 2.26. The van der Waals surface area contributed by atoms with Crippen LogP contribution in [0.1, 0.15) is 42.0 Å². The van der Waals surface area contributed by atoms with Crippen LogP contribution in [0, 0.1) is 0 Å². The number of hydrogen-bond donors (Lipinski definition) is 1. The van der Waals surface area contributed by atoms with E-state index in [0.717, 1.165) is 24.0 Å². The zero-order valence-electron chi connectivity index (χ0n) is 23.2. The van der Waals surface area contributed by atoms with Crippen LogP contribution in [0.5, 0.6) is 0 Å². The fourth-order valence-electron chi connectivity index (χ4n) is 4.89. The molecule has 8 nitrogen and oxygen atoms in total. The van der Waals surface area contributed by atoms with E-state index in [0.29, 0.717) is 43.2 Å². The van der Waals surface area contributed by atoms with Crippen LogP contribution in [-0.4, -0.2) is 62.8 Å². The van der Waals surface area contributed by atoms with Gasteiger partial charge >= 0.3 is 0 Å². The van der Waals surface area contributed by atoms with Crippen molar-refractivity contribution in [1.29, 1.82) is 0 Å². The van der Waals surface area contributed by atoms with E-state index in [1.54, 1.807) is 48.4 Å². The molecule has 10 heteroatoms. The van der Waals surface area contributed by atoms with Gasteiger partial charge in [0.15, 0.2) is 0 Å². The summed E-state index contributed by atoms with van der Waals surface area (Å²) in [6, 6.07) is 22.3. The Hall–Kier alpha value is -3.24. The van der Waals surface area contributed by atoms with Crippen LogP contribution in [0.4, 0.5) is 0 Å². The van der Waals surface area contributed by atoms with Gasteiger partial charge < -0.3 is 15.0 Å². The maximum atomic E-state index is 13.8. The first-order chi connectivity index (χ1) is 19.8. The molecule has 41 heavy (non-hydrogen) atoms. The van der Waals surface area contributed by atoms with E-state index in [1.165, 1.54) is 4.31 Å². The van der Waals surface area contributed by atoms with Crippen LogP contribution in [0.3, 0.4) is 0 Å². The Balaban J connectivity index is 1.55. The Bertz CT molecular complexity index is 1390. The van der Waals surface area contributed by atoms with Gasteiger partial charge in [0, 0.05) is 44.7 Å². The number of carbonyl (C=O) groups is 2. The normalized spacial score (nSPS) is 14.5. The molecule has 0 spiro atoms. The molecule has 0 saturated carbocycles. The Morgan fingerprint density at radius 1 is 0.951 bits per heavy atom. The summed E-state index contributed by atoms with van der Waals surface area (Å²) in [4.78, 5) is 29.2. The third kappa shape index (κ3) is 8.16. The van der Waals surface area contributed by atoms with Crippen LogP contribution in [0.15, 0.2) is 83.8 Å². The van der Waals surface area contributed by atoms with Crippen molar-refractivity contribution >= 4 is 33.4 Å². The number of methoxy groups -OCH3 is 1. The molecule has 1 unspecified atom stereocenters. The summed E-state index contributed by atoms with van der Waals surface area (Å²) in [5, 5.41) is 3.47. The Morgan fingerprint density at radius 3 is 2.22 bits per heavy atom. The first-order valence-electron chi connectivity index (χ1n) is 13.7. The third-order valence-corrected chi connectivity index (χ3v) is 9.29. The first kappa shape index (κ1) is 30.7. The third-order valence-electron chi connectivity index (χ3n) is 7.12. The molecule has 1 aliphatic heterocycles. The zero-order valence-corrected chi connectivity index (χ0v) is 24.7. The number of nitrogens with zero attached hydrogens (tertiary/aromatic N) is 2. The molecule has 3 aromatic rings. The van der Waals surface area contributed by atoms with E-state index >= 15 is 0 Å². The number of carbonyl (C=O) groups excluding carboxylic acids is 2. The van der Waals surface area contributed by atoms with Crippen molar-refractivity contribution in [1.82, 2.24) is 14.5 Å². The Kier molecular flexibility index (Phi) is 10.9. The lowest BCUT2D eigenvalue weighted by molar-refractivity contribution is -0.141. The summed E-state index contributed by atoms with van der Waals surface area (Å²) in [7, 11) is -1.94. The second kappa shape index (κ2) is 14.6. The minimum atomic E-state index is -3.50. The molecule has 1 atom stereocenters. The van der Waals surface area contributed by atoms with Gasteiger partial charge in [-0.25, -0.2) is 8.42 Å². The van der Waals surface area contributed by atoms with Crippen LogP contribution >= 0.6 is 11.6 Å². The molecule has 1 fully saturated rings. The van der Waals surface area contributed by atoms with E-state index in [1.807, 2.05) is 42.5 Å². The van der Waals surface area contributed by atoms with Crippen LogP contribution in [-0.2, 0) is 37.3 Å². The van der Waals surface area contributed by atoms with Crippen molar-refractivity contribution in [2.75, 3.05) is 33.4 Å². The summed E-state index contributed by atoms with van der Waals surface area (Å²) in [6.45, 7) is 1.96. The van der Waals surface area contributed by atoms with E-state index in [9.17, 15) is 18.0 Å². The minimum Gasteiger partial charge on any atom is -0.383 e. The summed E-state index contributed by atoms with van der Waals surface area (Å²) in [5.74, 6) is -0.503. The predicted molar refractivity (Wildman–Crippen MR) is 159 cm³/mol. The summed E-state index contributed by atoms with van der Waals surface area (Å²) >= 11 is 6.09. The maximum absolute atomic E-state index is 13.8. The number of benzene rings is 3. The average Bonchev–Trinajstić information content (AvgIpc) is 3.54. The number of sulfonamides is 1. The van der Waals surface area contributed by atoms with Gasteiger partial charge in [-0.15, -0.1) is 0 Å². The van der Waals surface area contributed by atoms with Crippen LogP contribution in [0.25, 0.3) is 0 Å². The smallest absolute Gasteiger partial charge is 0.247 e. The predicted octanol–water partition coefficient (Wildman–Crippen LogP) is 4.59. The summed E-state index contributed by atoms with van der Waals surface area (Å²) in [5.41, 5.74) is 2.37. The zero-order chi connectivity index (χ0) is 29.2. The Morgan fingerprint density at radius 2 is 1.59 bits per heavy atom. The van der Waals surface area contributed by atoms with Crippen LogP contribution in [0.2, 0.25) is 5.02 Å². The first-order valence-corrected chi connectivity index (χ1v) is 15.6. The lowest BCUT2D eigenvalue weighted by atomic mass is 10.0. The molecular weight excluding hydrogens is 562 g/mol. The van der Waals surface area contributed by atoms with E-state index in [2.05, 4.69) is 5.32 Å². The maximum Gasteiger partial charge on any atom is 0.247 e. The fraction of sp³-hybridized carbons (Fsp3) is 0.355. The second-order valence-corrected chi connectivity index (χ2v) is 12.4. The summed E-state index contributed by atoms with van der Waals surface area (Å²) < 4.78 is 32.4. The number of hydrogen-bond acceptors (Lipinski definition) is 5. The molecule has 0 aromatic heterocycles. The highest BCUT2D eigenvalue weighted by Gasteiger charge is 2.31. The van der Waals surface area contributed by atoms with Crippen molar-refractivity contribution in [3.8, 4) is 0 Å². The molecule has 0 radical (unpaired) electrons. The SMILES string of the molecule is COCCNC(=O)C(c1ccccc1)N(Cc1ccc(Cl)cc1)C(=O)CCc1ccc(S(=O)(=O)N2CCCC2)cc1. The van der Waals surface area contributed by atoms with Gasteiger partial charge in [-0.3, -0.25) is 9.59 Å². The highest BCUT2D eigenvalue weighted by atomic mass is 35.5. The lowest BCUT2D eigenvalue weighted by Crippen LogP contribution is -2.44. The van der Waals surface area contributed by atoms with Crippen molar-refractivity contribution < 1.29 is 22.7 Å². The molecule has 1 saturated heterocycles. The van der Waals surface area contributed by atoms with E-state index < -0.39 is 16.1 Å². The number of amides is 2. The lowest BCUT2D eigenvalue weighted by Gasteiger charge is -2.32. The molecule has 218 valence electrons. The second-order valence-electron chi connectivity index (χ2n) is 10.0.